The van der Waals surface area contributed by atoms with Crippen LogP contribution in [0, 0.1) is 13.8 Å². The van der Waals surface area contributed by atoms with Gasteiger partial charge in [0.25, 0.3) is 5.91 Å². The molecule has 2 heterocycles. The molecule has 0 N–H and O–H groups in total. The largest absolute Gasteiger partial charge is 0.339 e. The van der Waals surface area contributed by atoms with Crippen LogP contribution in [0.1, 0.15) is 27.0 Å². The maximum atomic E-state index is 12.5. The number of hydrogen-bond acceptors (Lipinski definition) is 3. The second-order valence-corrected chi connectivity index (χ2v) is 6.51. The molecular formula is C20H23N3O2. The van der Waals surface area contributed by atoms with Crippen LogP contribution < -0.4 is 0 Å². The molecular weight excluding hydrogens is 314 g/mol. The molecule has 0 bridgehead atoms. The maximum Gasteiger partial charge on any atom is 0.255 e. The molecule has 1 aromatic carbocycles. The zero-order chi connectivity index (χ0) is 17.8. The summed E-state index contributed by atoms with van der Waals surface area (Å²) in [5.74, 6) is 0.103. The van der Waals surface area contributed by atoms with Crippen molar-refractivity contribution in [3.05, 3.63) is 65.0 Å². The molecule has 25 heavy (non-hydrogen) atoms. The van der Waals surface area contributed by atoms with Crippen molar-refractivity contribution >= 4 is 11.8 Å². The Morgan fingerprint density at radius 2 is 1.72 bits per heavy atom. The van der Waals surface area contributed by atoms with Crippen LogP contribution in [0.3, 0.4) is 0 Å². The number of carbonyl (C=O) groups excluding carboxylic acids is 2. The summed E-state index contributed by atoms with van der Waals surface area (Å²) in [5, 5.41) is 0. The van der Waals surface area contributed by atoms with Gasteiger partial charge in [-0.3, -0.25) is 14.6 Å². The number of rotatable bonds is 3. The molecule has 1 saturated heterocycles. The summed E-state index contributed by atoms with van der Waals surface area (Å²) in [4.78, 5) is 32.6. The van der Waals surface area contributed by atoms with Crippen LogP contribution in [0.15, 0.2) is 42.7 Å². The number of carbonyl (C=O) groups is 2. The van der Waals surface area contributed by atoms with Gasteiger partial charge in [0.05, 0.1) is 12.0 Å². The highest BCUT2D eigenvalue weighted by molar-refractivity contribution is 5.94. The van der Waals surface area contributed by atoms with E-state index in [0.717, 1.165) is 5.56 Å². The van der Waals surface area contributed by atoms with E-state index < -0.39 is 0 Å². The lowest BCUT2D eigenvalue weighted by Gasteiger charge is -2.34. The summed E-state index contributed by atoms with van der Waals surface area (Å²) in [6.07, 6.45) is 3.65. The average molecular weight is 337 g/mol. The van der Waals surface area contributed by atoms with E-state index in [1.165, 1.54) is 11.1 Å². The summed E-state index contributed by atoms with van der Waals surface area (Å²) >= 11 is 0. The fourth-order valence-corrected chi connectivity index (χ4v) is 3.03. The van der Waals surface area contributed by atoms with Gasteiger partial charge in [0, 0.05) is 38.6 Å². The molecule has 5 heteroatoms. The topological polar surface area (TPSA) is 53.5 Å². The Bertz CT molecular complexity index is 766. The number of benzene rings is 1. The van der Waals surface area contributed by atoms with E-state index in [0.29, 0.717) is 38.2 Å². The van der Waals surface area contributed by atoms with Gasteiger partial charge in [-0.1, -0.05) is 18.2 Å². The van der Waals surface area contributed by atoms with Crippen LogP contribution in [0.2, 0.25) is 0 Å². The Hall–Kier alpha value is -2.69. The lowest BCUT2D eigenvalue weighted by Crippen LogP contribution is -2.51. The van der Waals surface area contributed by atoms with Gasteiger partial charge in [-0.05, 0) is 42.7 Å². The normalized spacial score (nSPS) is 14.5. The quantitative estimate of drug-likeness (QED) is 0.863. The SMILES string of the molecule is Cc1ccc(CC(=O)N2CCN(C(=O)c3cccnc3)CC2)cc1C. The van der Waals surface area contributed by atoms with Crippen LogP contribution in [0.25, 0.3) is 0 Å². The first-order chi connectivity index (χ1) is 12.0. The number of pyridine rings is 1. The van der Waals surface area contributed by atoms with Gasteiger partial charge in [0.2, 0.25) is 5.91 Å². The van der Waals surface area contributed by atoms with E-state index in [9.17, 15) is 9.59 Å². The van der Waals surface area contributed by atoms with Gasteiger partial charge in [-0.2, -0.15) is 0 Å². The van der Waals surface area contributed by atoms with Gasteiger partial charge >= 0.3 is 0 Å². The van der Waals surface area contributed by atoms with Crippen LogP contribution in [0.4, 0.5) is 0 Å². The van der Waals surface area contributed by atoms with Gasteiger partial charge < -0.3 is 9.80 Å². The predicted octanol–water partition coefficient (Wildman–Crippen LogP) is 2.23. The lowest BCUT2D eigenvalue weighted by molar-refractivity contribution is -0.131. The van der Waals surface area contributed by atoms with E-state index in [-0.39, 0.29) is 11.8 Å². The van der Waals surface area contributed by atoms with Crippen LogP contribution in [-0.2, 0) is 11.2 Å². The highest BCUT2D eigenvalue weighted by Crippen LogP contribution is 2.13. The number of nitrogens with zero attached hydrogens (tertiary/aromatic N) is 3. The third-order valence-electron chi connectivity index (χ3n) is 4.75. The molecule has 0 spiro atoms. The van der Waals surface area contributed by atoms with E-state index in [4.69, 9.17) is 0 Å². The van der Waals surface area contributed by atoms with E-state index >= 15 is 0 Å². The van der Waals surface area contributed by atoms with Crippen molar-refractivity contribution in [1.29, 1.82) is 0 Å². The zero-order valence-electron chi connectivity index (χ0n) is 14.7. The van der Waals surface area contributed by atoms with E-state index in [2.05, 4.69) is 31.0 Å². The zero-order valence-corrected chi connectivity index (χ0v) is 14.7. The van der Waals surface area contributed by atoms with Crippen LogP contribution in [-0.4, -0.2) is 52.8 Å². The lowest BCUT2D eigenvalue weighted by atomic mass is 10.0. The monoisotopic (exact) mass is 337 g/mol. The second kappa shape index (κ2) is 7.47. The Morgan fingerprint density at radius 3 is 2.36 bits per heavy atom. The minimum absolute atomic E-state index is 0.0191. The summed E-state index contributed by atoms with van der Waals surface area (Å²) in [6.45, 7) is 6.41. The van der Waals surface area contributed by atoms with Crippen molar-refractivity contribution in [2.24, 2.45) is 0 Å². The third-order valence-corrected chi connectivity index (χ3v) is 4.75. The molecule has 1 aliphatic heterocycles. The number of piperazine rings is 1. The van der Waals surface area contributed by atoms with Crippen molar-refractivity contribution in [2.45, 2.75) is 20.3 Å². The molecule has 2 aromatic rings. The molecule has 1 fully saturated rings. The number of aryl methyl sites for hydroxylation is 2. The number of amides is 2. The van der Waals surface area contributed by atoms with Gasteiger partial charge in [0.1, 0.15) is 0 Å². The minimum Gasteiger partial charge on any atom is -0.339 e. The van der Waals surface area contributed by atoms with Crippen molar-refractivity contribution in [3.8, 4) is 0 Å². The molecule has 0 unspecified atom stereocenters. The summed E-state index contributed by atoms with van der Waals surface area (Å²) < 4.78 is 0. The van der Waals surface area contributed by atoms with Crippen LogP contribution in [0.5, 0.6) is 0 Å². The van der Waals surface area contributed by atoms with Crippen molar-refractivity contribution in [1.82, 2.24) is 14.8 Å². The smallest absolute Gasteiger partial charge is 0.255 e. The Labute approximate surface area is 148 Å². The highest BCUT2D eigenvalue weighted by Gasteiger charge is 2.24. The second-order valence-electron chi connectivity index (χ2n) is 6.51. The standard InChI is InChI=1S/C20H23N3O2/c1-15-5-6-17(12-16(15)2)13-19(24)22-8-10-23(11-9-22)20(25)18-4-3-7-21-14-18/h3-7,12,14H,8-11,13H2,1-2H3. The maximum absolute atomic E-state index is 12.5. The molecule has 5 nitrogen and oxygen atoms in total. The first-order valence-electron chi connectivity index (χ1n) is 8.58. The molecule has 1 aromatic heterocycles. The first-order valence-corrected chi connectivity index (χ1v) is 8.58. The molecule has 0 radical (unpaired) electrons. The predicted molar refractivity (Wildman–Crippen MR) is 96.3 cm³/mol. The fourth-order valence-electron chi connectivity index (χ4n) is 3.03. The molecule has 3 rings (SSSR count). The van der Waals surface area contributed by atoms with Gasteiger partial charge in [-0.25, -0.2) is 0 Å². The van der Waals surface area contributed by atoms with E-state index in [1.807, 2.05) is 11.0 Å². The van der Waals surface area contributed by atoms with Crippen molar-refractivity contribution in [2.75, 3.05) is 26.2 Å². The number of aromatic nitrogens is 1. The summed E-state index contributed by atoms with van der Waals surface area (Å²) in [7, 11) is 0. The fraction of sp³-hybridized carbons (Fsp3) is 0.350. The Kier molecular flexibility index (Phi) is 5.12. The third kappa shape index (κ3) is 4.05. The van der Waals surface area contributed by atoms with Gasteiger partial charge in [-0.15, -0.1) is 0 Å². The van der Waals surface area contributed by atoms with E-state index in [1.54, 1.807) is 29.4 Å². The molecule has 0 saturated carbocycles. The first kappa shape index (κ1) is 17.1. The molecule has 1 aliphatic rings. The van der Waals surface area contributed by atoms with Gasteiger partial charge in [0.15, 0.2) is 0 Å². The molecule has 130 valence electrons. The summed E-state index contributed by atoms with van der Waals surface area (Å²) in [6, 6.07) is 9.68. The highest BCUT2D eigenvalue weighted by atomic mass is 16.2. The average Bonchev–Trinajstić information content (AvgIpc) is 2.65. The summed E-state index contributed by atoms with van der Waals surface area (Å²) in [5.41, 5.74) is 4.08. The minimum atomic E-state index is -0.0191. The Morgan fingerprint density at radius 1 is 1.00 bits per heavy atom. The molecule has 0 aliphatic carbocycles. The van der Waals surface area contributed by atoms with Crippen molar-refractivity contribution < 1.29 is 9.59 Å². The molecule has 2 amide bonds. The van der Waals surface area contributed by atoms with Crippen LogP contribution >= 0.6 is 0 Å². The number of hydrogen-bond donors (Lipinski definition) is 0. The molecule has 0 atom stereocenters. The Balaban J connectivity index is 1.55. The van der Waals surface area contributed by atoms with Crippen molar-refractivity contribution in [3.63, 3.8) is 0 Å².